The SMILES string of the molecule is Cc1nc2ccc(C(=O)OCC(=O)N3CC[C@@H]4CCCC[C@@H]4C3)cc2nc1C. The number of piperidine rings is 1. The van der Waals surface area contributed by atoms with E-state index in [4.69, 9.17) is 4.74 Å². The Morgan fingerprint density at radius 2 is 1.75 bits per heavy atom. The van der Waals surface area contributed by atoms with Gasteiger partial charge < -0.3 is 9.64 Å². The number of aryl methyl sites for hydroxylation is 2. The molecule has 0 N–H and O–H groups in total. The van der Waals surface area contributed by atoms with E-state index in [0.717, 1.165) is 42.3 Å². The summed E-state index contributed by atoms with van der Waals surface area (Å²) in [6, 6.07) is 5.11. The van der Waals surface area contributed by atoms with Crippen molar-refractivity contribution in [2.45, 2.75) is 46.0 Å². The van der Waals surface area contributed by atoms with E-state index in [1.807, 2.05) is 18.7 Å². The van der Waals surface area contributed by atoms with Crippen LogP contribution in [0.4, 0.5) is 0 Å². The van der Waals surface area contributed by atoms with Crippen LogP contribution in [0.5, 0.6) is 0 Å². The van der Waals surface area contributed by atoms with Gasteiger partial charge in [-0.15, -0.1) is 0 Å². The fourth-order valence-electron chi connectivity index (χ4n) is 4.49. The lowest BCUT2D eigenvalue weighted by Gasteiger charge is -2.41. The second-order valence-electron chi connectivity index (χ2n) is 8.11. The van der Waals surface area contributed by atoms with Gasteiger partial charge in [0.25, 0.3) is 5.91 Å². The van der Waals surface area contributed by atoms with Crippen LogP contribution in [0.3, 0.4) is 0 Å². The highest BCUT2D eigenvalue weighted by Crippen LogP contribution is 2.36. The van der Waals surface area contributed by atoms with E-state index in [0.29, 0.717) is 17.0 Å². The van der Waals surface area contributed by atoms with Gasteiger partial charge in [0.15, 0.2) is 6.61 Å². The molecule has 0 radical (unpaired) electrons. The number of fused-ring (bicyclic) bond motifs is 2. The van der Waals surface area contributed by atoms with Crippen LogP contribution >= 0.6 is 0 Å². The highest BCUT2D eigenvalue weighted by molar-refractivity contribution is 5.94. The summed E-state index contributed by atoms with van der Waals surface area (Å²) in [5.74, 6) is 0.798. The van der Waals surface area contributed by atoms with E-state index in [-0.39, 0.29) is 12.5 Å². The fourth-order valence-corrected chi connectivity index (χ4v) is 4.49. The average Bonchev–Trinajstić information content (AvgIpc) is 2.72. The quantitative estimate of drug-likeness (QED) is 0.762. The van der Waals surface area contributed by atoms with Crippen LogP contribution in [0.1, 0.15) is 53.8 Å². The molecular weight excluding hydrogens is 354 g/mol. The summed E-state index contributed by atoms with van der Waals surface area (Å²) in [4.78, 5) is 35.8. The third-order valence-electron chi connectivity index (χ3n) is 6.28. The van der Waals surface area contributed by atoms with Gasteiger partial charge in [-0.3, -0.25) is 4.79 Å². The Balaban J connectivity index is 1.36. The van der Waals surface area contributed by atoms with Gasteiger partial charge in [-0.1, -0.05) is 19.3 Å². The number of nitrogens with zero attached hydrogens (tertiary/aromatic N) is 3. The number of carbonyl (C=O) groups excluding carboxylic acids is 2. The van der Waals surface area contributed by atoms with E-state index >= 15 is 0 Å². The molecule has 1 amide bonds. The Kier molecular flexibility index (Phi) is 5.29. The first-order chi connectivity index (χ1) is 13.5. The Bertz CT molecular complexity index is 911. The average molecular weight is 381 g/mol. The molecule has 2 aliphatic rings. The summed E-state index contributed by atoms with van der Waals surface area (Å²) >= 11 is 0. The number of esters is 1. The molecule has 0 unspecified atom stereocenters. The minimum atomic E-state index is -0.497. The second-order valence-corrected chi connectivity index (χ2v) is 8.11. The van der Waals surface area contributed by atoms with Crippen molar-refractivity contribution in [2.75, 3.05) is 19.7 Å². The fraction of sp³-hybridized carbons (Fsp3) is 0.545. The molecule has 4 rings (SSSR count). The molecule has 1 aromatic carbocycles. The number of hydrogen-bond acceptors (Lipinski definition) is 5. The third kappa shape index (κ3) is 3.86. The molecule has 148 valence electrons. The van der Waals surface area contributed by atoms with E-state index in [1.54, 1.807) is 18.2 Å². The van der Waals surface area contributed by atoms with Crippen molar-refractivity contribution in [1.29, 1.82) is 0 Å². The van der Waals surface area contributed by atoms with Crippen molar-refractivity contribution in [1.82, 2.24) is 14.9 Å². The smallest absolute Gasteiger partial charge is 0.338 e. The summed E-state index contributed by atoms with van der Waals surface area (Å²) < 4.78 is 5.30. The van der Waals surface area contributed by atoms with Crippen LogP contribution in [-0.2, 0) is 9.53 Å². The van der Waals surface area contributed by atoms with Crippen molar-refractivity contribution >= 4 is 22.9 Å². The lowest BCUT2D eigenvalue weighted by atomic mass is 9.75. The minimum Gasteiger partial charge on any atom is -0.452 e. The number of aromatic nitrogens is 2. The van der Waals surface area contributed by atoms with Crippen LogP contribution in [0.25, 0.3) is 11.0 Å². The van der Waals surface area contributed by atoms with Crippen molar-refractivity contribution in [3.05, 3.63) is 35.2 Å². The molecule has 28 heavy (non-hydrogen) atoms. The number of amides is 1. The Morgan fingerprint density at radius 3 is 2.54 bits per heavy atom. The number of ether oxygens (including phenoxy) is 1. The van der Waals surface area contributed by atoms with Crippen molar-refractivity contribution in [3.8, 4) is 0 Å². The maximum atomic E-state index is 12.5. The predicted octanol–water partition coefficient (Wildman–Crippen LogP) is 3.44. The van der Waals surface area contributed by atoms with Gasteiger partial charge in [0.2, 0.25) is 0 Å². The van der Waals surface area contributed by atoms with Crippen LogP contribution < -0.4 is 0 Å². The van der Waals surface area contributed by atoms with Crippen molar-refractivity contribution in [2.24, 2.45) is 11.8 Å². The molecule has 0 bridgehead atoms. The predicted molar refractivity (Wildman–Crippen MR) is 106 cm³/mol. The summed E-state index contributed by atoms with van der Waals surface area (Å²) in [5.41, 5.74) is 3.49. The van der Waals surface area contributed by atoms with Crippen LogP contribution in [-0.4, -0.2) is 46.4 Å². The van der Waals surface area contributed by atoms with Crippen LogP contribution in [0.15, 0.2) is 18.2 Å². The van der Waals surface area contributed by atoms with E-state index in [9.17, 15) is 9.59 Å². The number of benzene rings is 1. The molecule has 6 heteroatoms. The van der Waals surface area contributed by atoms with Crippen LogP contribution in [0.2, 0.25) is 0 Å². The zero-order valence-electron chi connectivity index (χ0n) is 16.6. The first kappa shape index (κ1) is 18.8. The van der Waals surface area contributed by atoms with Gasteiger partial charge in [0.05, 0.1) is 28.0 Å². The van der Waals surface area contributed by atoms with Crippen molar-refractivity contribution in [3.63, 3.8) is 0 Å². The Morgan fingerprint density at radius 1 is 1.04 bits per heavy atom. The van der Waals surface area contributed by atoms with E-state index in [2.05, 4.69) is 9.97 Å². The standard InChI is InChI=1S/C22H27N3O3/c1-14-15(2)24-20-11-17(7-8-19(20)23-14)22(27)28-13-21(26)25-10-9-16-5-3-4-6-18(16)12-25/h7-8,11,16,18H,3-6,9-10,12-13H2,1-2H3/t16-,18+/m0/s1. The zero-order chi connectivity index (χ0) is 19.7. The molecule has 6 nitrogen and oxygen atoms in total. The molecule has 1 aliphatic heterocycles. The maximum absolute atomic E-state index is 12.5. The molecule has 1 aromatic heterocycles. The summed E-state index contributed by atoms with van der Waals surface area (Å²) in [6.45, 7) is 5.19. The minimum absolute atomic E-state index is 0.0931. The van der Waals surface area contributed by atoms with Gasteiger partial charge in [-0.25, -0.2) is 14.8 Å². The zero-order valence-corrected chi connectivity index (χ0v) is 16.6. The topological polar surface area (TPSA) is 72.4 Å². The highest BCUT2D eigenvalue weighted by atomic mass is 16.5. The monoisotopic (exact) mass is 381 g/mol. The molecule has 1 saturated heterocycles. The van der Waals surface area contributed by atoms with Crippen molar-refractivity contribution < 1.29 is 14.3 Å². The van der Waals surface area contributed by atoms with Gasteiger partial charge >= 0.3 is 5.97 Å². The number of rotatable bonds is 3. The molecule has 0 spiro atoms. The maximum Gasteiger partial charge on any atom is 0.338 e. The largest absolute Gasteiger partial charge is 0.452 e. The highest BCUT2D eigenvalue weighted by Gasteiger charge is 2.33. The Hall–Kier alpha value is -2.50. The molecule has 1 saturated carbocycles. The first-order valence-electron chi connectivity index (χ1n) is 10.2. The number of likely N-dealkylation sites (tertiary alicyclic amines) is 1. The molecular formula is C22H27N3O3. The summed E-state index contributed by atoms with van der Waals surface area (Å²) in [5, 5.41) is 0. The summed E-state index contributed by atoms with van der Waals surface area (Å²) in [7, 11) is 0. The van der Waals surface area contributed by atoms with Gasteiger partial charge in [0.1, 0.15) is 0 Å². The molecule has 2 heterocycles. The number of carbonyl (C=O) groups is 2. The first-order valence-corrected chi connectivity index (χ1v) is 10.2. The van der Waals surface area contributed by atoms with Crippen LogP contribution in [0, 0.1) is 25.7 Å². The lowest BCUT2D eigenvalue weighted by molar-refractivity contribution is -0.137. The number of hydrogen-bond donors (Lipinski definition) is 0. The Labute approximate surface area is 165 Å². The molecule has 2 atom stereocenters. The normalized spacial score (nSPS) is 22.0. The van der Waals surface area contributed by atoms with E-state index in [1.165, 1.54) is 25.7 Å². The summed E-state index contributed by atoms with van der Waals surface area (Å²) in [6.07, 6.45) is 6.17. The van der Waals surface area contributed by atoms with E-state index < -0.39 is 5.97 Å². The lowest BCUT2D eigenvalue weighted by Crippen LogP contribution is -2.46. The van der Waals surface area contributed by atoms with Gasteiger partial charge in [-0.05, 0) is 56.7 Å². The second kappa shape index (κ2) is 7.86. The molecule has 2 aromatic rings. The third-order valence-corrected chi connectivity index (χ3v) is 6.28. The molecule has 1 aliphatic carbocycles. The van der Waals surface area contributed by atoms with Gasteiger partial charge in [0, 0.05) is 13.1 Å². The molecule has 2 fully saturated rings. The van der Waals surface area contributed by atoms with Gasteiger partial charge in [-0.2, -0.15) is 0 Å².